The second-order valence-electron chi connectivity index (χ2n) is 7.39. The predicted molar refractivity (Wildman–Crippen MR) is 119 cm³/mol. The van der Waals surface area contributed by atoms with Crippen molar-refractivity contribution < 1.29 is 13.2 Å². The molecule has 0 bridgehead atoms. The fourth-order valence-electron chi connectivity index (χ4n) is 3.58. The minimum Gasteiger partial charge on any atom is -0.496 e. The predicted octanol–water partition coefficient (Wildman–Crippen LogP) is 3.83. The van der Waals surface area contributed by atoms with E-state index >= 15 is 0 Å². The second-order valence-corrected chi connectivity index (χ2v) is 9.04. The van der Waals surface area contributed by atoms with Crippen LogP contribution in [-0.2, 0) is 10.0 Å². The molecular formula is C22H23N5O3S. The highest BCUT2D eigenvalue weighted by Crippen LogP contribution is 2.32. The maximum Gasteiger partial charge on any atom is 0.262 e. The van der Waals surface area contributed by atoms with Gasteiger partial charge in [0.1, 0.15) is 5.75 Å². The second kappa shape index (κ2) is 7.66. The Hall–Kier alpha value is -3.46. The number of ether oxygens (including phenoxy) is 1. The van der Waals surface area contributed by atoms with Gasteiger partial charge in [-0.2, -0.15) is 9.61 Å². The van der Waals surface area contributed by atoms with Crippen LogP contribution in [0.5, 0.6) is 5.75 Å². The Bertz CT molecular complexity index is 1390. The number of hydrogen-bond donors (Lipinski definition) is 1. The summed E-state index contributed by atoms with van der Waals surface area (Å²) < 4.78 is 35.8. The number of rotatable bonds is 5. The molecule has 0 spiro atoms. The monoisotopic (exact) mass is 437 g/mol. The molecule has 0 atom stereocenters. The van der Waals surface area contributed by atoms with Crippen LogP contribution in [-0.4, -0.2) is 35.3 Å². The van der Waals surface area contributed by atoms with Crippen LogP contribution in [0.2, 0.25) is 0 Å². The van der Waals surface area contributed by atoms with Gasteiger partial charge in [-0.1, -0.05) is 12.1 Å². The van der Waals surface area contributed by atoms with Crippen molar-refractivity contribution in [1.29, 1.82) is 0 Å². The molecule has 2 heterocycles. The minimum absolute atomic E-state index is 0.238. The molecule has 1 N–H and O–H groups in total. The summed E-state index contributed by atoms with van der Waals surface area (Å²) in [6.07, 6.45) is 0. The first kappa shape index (κ1) is 20.8. The first-order valence-electron chi connectivity index (χ1n) is 9.68. The molecule has 4 rings (SSSR count). The molecule has 0 fully saturated rings. The molecule has 0 unspecified atom stereocenters. The summed E-state index contributed by atoms with van der Waals surface area (Å²) in [5.41, 5.74) is 4.97. The average molecular weight is 438 g/mol. The zero-order valence-corrected chi connectivity index (χ0v) is 18.8. The number of aryl methyl sites for hydroxylation is 2. The highest BCUT2D eigenvalue weighted by molar-refractivity contribution is 7.92. The topological polar surface area (TPSA) is 98.5 Å². The van der Waals surface area contributed by atoms with Gasteiger partial charge in [-0.3, -0.25) is 4.72 Å². The standard InChI is InChI=1S/C22H23N5O3S/c1-13-12-20(14(2)15(3)22(13)30-5)31(28,29)26-18-8-6-17(7-9-18)19-10-11-21-24-23-16(4)27(21)25-19/h6-12,26H,1-5H3. The zero-order chi connectivity index (χ0) is 22.3. The average Bonchev–Trinajstić information content (AvgIpc) is 3.11. The van der Waals surface area contributed by atoms with Crippen LogP contribution in [0.3, 0.4) is 0 Å². The van der Waals surface area contributed by atoms with E-state index in [1.54, 1.807) is 36.7 Å². The maximum absolute atomic E-state index is 13.1. The third-order valence-corrected chi connectivity index (χ3v) is 6.83. The van der Waals surface area contributed by atoms with E-state index < -0.39 is 10.0 Å². The summed E-state index contributed by atoms with van der Waals surface area (Å²) in [7, 11) is -2.18. The van der Waals surface area contributed by atoms with Crippen LogP contribution in [0.25, 0.3) is 16.9 Å². The molecule has 0 aliphatic heterocycles. The number of sulfonamides is 1. The summed E-state index contributed by atoms with van der Waals surface area (Å²) in [5.74, 6) is 1.40. The van der Waals surface area contributed by atoms with E-state index in [0.717, 1.165) is 22.4 Å². The van der Waals surface area contributed by atoms with Crippen molar-refractivity contribution in [2.75, 3.05) is 11.8 Å². The number of benzene rings is 2. The molecule has 0 aliphatic rings. The minimum atomic E-state index is -3.76. The number of hydrogen-bond acceptors (Lipinski definition) is 6. The summed E-state index contributed by atoms with van der Waals surface area (Å²) in [6.45, 7) is 7.31. The quantitative estimate of drug-likeness (QED) is 0.509. The van der Waals surface area contributed by atoms with Crippen LogP contribution in [0, 0.1) is 27.7 Å². The van der Waals surface area contributed by atoms with E-state index in [9.17, 15) is 8.42 Å². The molecule has 4 aromatic rings. The van der Waals surface area contributed by atoms with Gasteiger partial charge in [-0.15, -0.1) is 10.2 Å². The Labute approximate surface area is 181 Å². The van der Waals surface area contributed by atoms with Crippen molar-refractivity contribution in [2.24, 2.45) is 0 Å². The number of fused-ring (bicyclic) bond motifs is 1. The maximum atomic E-state index is 13.1. The van der Waals surface area contributed by atoms with Gasteiger partial charge in [0, 0.05) is 11.3 Å². The molecule has 8 nitrogen and oxygen atoms in total. The fraction of sp³-hybridized carbons (Fsp3) is 0.227. The number of nitrogens with one attached hydrogen (secondary N) is 1. The summed E-state index contributed by atoms with van der Waals surface area (Å²) in [5, 5.41) is 12.6. The largest absolute Gasteiger partial charge is 0.496 e. The molecule has 2 aromatic heterocycles. The van der Waals surface area contributed by atoms with Gasteiger partial charge >= 0.3 is 0 Å². The number of aromatic nitrogens is 4. The van der Waals surface area contributed by atoms with Crippen LogP contribution in [0.15, 0.2) is 47.4 Å². The summed E-state index contributed by atoms with van der Waals surface area (Å²) >= 11 is 0. The lowest BCUT2D eigenvalue weighted by Gasteiger charge is -2.16. The van der Waals surface area contributed by atoms with E-state index in [1.165, 1.54) is 0 Å². The Morgan fingerprint density at radius 2 is 1.65 bits per heavy atom. The van der Waals surface area contributed by atoms with Crippen molar-refractivity contribution in [3.63, 3.8) is 0 Å². The normalized spacial score (nSPS) is 11.6. The van der Waals surface area contributed by atoms with Gasteiger partial charge in [-0.05, 0) is 74.7 Å². The van der Waals surface area contributed by atoms with Crippen LogP contribution >= 0.6 is 0 Å². The smallest absolute Gasteiger partial charge is 0.262 e. The lowest BCUT2D eigenvalue weighted by molar-refractivity contribution is 0.407. The lowest BCUT2D eigenvalue weighted by Crippen LogP contribution is -2.15. The molecule has 0 aliphatic carbocycles. The van der Waals surface area contributed by atoms with E-state index in [4.69, 9.17) is 4.74 Å². The number of nitrogens with zero attached hydrogens (tertiary/aromatic N) is 4. The van der Waals surface area contributed by atoms with E-state index in [2.05, 4.69) is 20.0 Å². The Balaban J connectivity index is 1.63. The summed E-state index contributed by atoms with van der Waals surface area (Å²) in [6, 6.07) is 12.4. The first-order chi connectivity index (χ1) is 14.7. The zero-order valence-electron chi connectivity index (χ0n) is 18.0. The van der Waals surface area contributed by atoms with Crippen LogP contribution in [0.1, 0.15) is 22.5 Å². The van der Waals surface area contributed by atoms with Crippen molar-refractivity contribution in [3.05, 3.63) is 65.0 Å². The van der Waals surface area contributed by atoms with Crippen LogP contribution in [0.4, 0.5) is 5.69 Å². The molecule has 0 amide bonds. The number of anilines is 1. The van der Waals surface area contributed by atoms with Gasteiger partial charge < -0.3 is 4.74 Å². The molecular weight excluding hydrogens is 414 g/mol. The lowest BCUT2D eigenvalue weighted by atomic mass is 10.1. The van der Waals surface area contributed by atoms with Crippen molar-refractivity contribution in [1.82, 2.24) is 19.8 Å². The third kappa shape index (κ3) is 3.72. The Morgan fingerprint density at radius 1 is 0.935 bits per heavy atom. The third-order valence-electron chi connectivity index (χ3n) is 5.32. The van der Waals surface area contributed by atoms with Crippen molar-refractivity contribution >= 4 is 21.4 Å². The SMILES string of the molecule is COc1c(C)cc(S(=O)(=O)Nc2ccc(-c3ccc4nnc(C)n4n3)cc2)c(C)c1C. The Kier molecular flexibility index (Phi) is 5.14. The first-order valence-corrected chi connectivity index (χ1v) is 11.2. The van der Waals surface area contributed by atoms with Crippen molar-refractivity contribution in [2.45, 2.75) is 32.6 Å². The molecule has 31 heavy (non-hydrogen) atoms. The molecule has 2 aromatic carbocycles. The molecule has 9 heteroatoms. The molecule has 0 radical (unpaired) electrons. The summed E-state index contributed by atoms with van der Waals surface area (Å²) in [4.78, 5) is 0.238. The van der Waals surface area contributed by atoms with Gasteiger partial charge in [0.05, 0.1) is 17.7 Å². The van der Waals surface area contributed by atoms with E-state index in [1.807, 2.05) is 45.0 Å². The molecule has 0 saturated carbocycles. The highest BCUT2D eigenvalue weighted by atomic mass is 32.2. The van der Waals surface area contributed by atoms with Crippen LogP contribution < -0.4 is 9.46 Å². The van der Waals surface area contributed by atoms with Gasteiger partial charge in [0.25, 0.3) is 10.0 Å². The highest BCUT2D eigenvalue weighted by Gasteiger charge is 2.21. The van der Waals surface area contributed by atoms with Gasteiger partial charge in [0.2, 0.25) is 0 Å². The van der Waals surface area contributed by atoms with Gasteiger partial charge in [-0.25, -0.2) is 8.42 Å². The van der Waals surface area contributed by atoms with Crippen molar-refractivity contribution in [3.8, 4) is 17.0 Å². The van der Waals surface area contributed by atoms with E-state index in [-0.39, 0.29) is 4.90 Å². The molecule has 160 valence electrons. The van der Waals surface area contributed by atoms with E-state index in [0.29, 0.717) is 28.5 Å². The Morgan fingerprint density at radius 3 is 2.32 bits per heavy atom. The van der Waals surface area contributed by atoms with Gasteiger partial charge in [0.15, 0.2) is 11.5 Å². The molecule has 0 saturated heterocycles. The fourth-order valence-corrected chi connectivity index (χ4v) is 5.03. The number of methoxy groups -OCH3 is 1.